The summed E-state index contributed by atoms with van der Waals surface area (Å²) in [7, 11) is 0. The summed E-state index contributed by atoms with van der Waals surface area (Å²) < 4.78 is 4.80. The minimum absolute atomic E-state index is 0.254. The molecule has 1 atom stereocenters. The first-order valence-corrected chi connectivity index (χ1v) is 4.57. The van der Waals surface area contributed by atoms with E-state index in [4.69, 9.17) is 4.74 Å². The Kier molecular flexibility index (Phi) is 5.94. The van der Waals surface area contributed by atoms with Crippen molar-refractivity contribution in [2.24, 2.45) is 5.92 Å². The average Bonchev–Trinajstić information content (AvgIpc) is 2.05. The minimum atomic E-state index is -0.254. The predicted octanol–water partition coefficient (Wildman–Crippen LogP) is 2.71. The molecule has 0 heterocycles. The first kappa shape index (κ1) is 11.9. The second kappa shape index (κ2) is 6.46. The molecule has 0 radical (unpaired) electrons. The zero-order valence-corrected chi connectivity index (χ0v) is 8.67. The Bertz CT molecular complexity index is 204. The van der Waals surface area contributed by atoms with E-state index in [1.165, 1.54) is 0 Å². The van der Waals surface area contributed by atoms with E-state index in [0.29, 0.717) is 12.5 Å². The summed E-state index contributed by atoms with van der Waals surface area (Å²) in [6, 6.07) is 0. The Hall–Kier alpha value is -1.05. The number of hydrogen-bond acceptors (Lipinski definition) is 2. The molecule has 0 amide bonds. The van der Waals surface area contributed by atoms with Gasteiger partial charge in [-0.15, -0.1) is 6.58 Å². The van der Waals surface area contributed by atoms with Gasteiger partial charge in [-0.05, 0) is 26.2 Å². The first-order valence-electron chi connectivity index (χ1n) is 4.57. The number of hydrogen-bond donors (Lipinski definition) is 0. The normalized spacial score (nSPS) is 13.6. The molecule has 0 saturated heterocycles. The number of rotatable bonds is 5. The molecular formula is C11H18O2. The third-order valence-electron chi connectivity index (χ3n) is 1.93. The summed E-state index contributed by atoms with van der Waals surface area (Å²) >= 11 is 0. The van der Waals surface area contributed by atoms with E-state index in [0.717, 1.165) is 12.0 Å². The zero-order chi connectivity index (χ0) is 10.3. The van der Waals surface area contributed by atoms with Crippen LogP contribution in [-0.4, -0.2) is 12.6 Å². The highest BCUT2D eigenvalue weighted by molar-refractivity contribution is 5.82. The van der Waals surface area contributed by atoms with E-state index in [2.05, 4.69) is 13.5 Å². The summed E-state index contributed by atoms with van der Waals surface area (Å²) in [4.78, 5) is 11.0. The van der Waals surface area contributed by atoms with Crippen molar-refractivity contribution in [2.75, 3.05) is 6.61 Å². The van der Waals surface area contributed by atoms with Crippen LogP contribution < -0.4 is 0 Å². The van der Waals surface area contributed by atoms with Crippen molar-refractivity contribution in [3.05, 3.63) is 24.3 Å². The first-order chi connectivity index (χ1) is 6.11. The van der Waals surface area contributed by atoms with E-state index in [-0.39, 0.29) is 5.97 Å². The van der Waals surface area contributed by atoms with Gasteiger partial charge < -0.3 is 4.74 Å². The molecule has 13 heavy (non-hydrogen) atoms. The number of ether oxygens (including phenoxy) is 1. The molecule has 0 aliphatic carbocycles. The Labute approximate surface area is 80.3 Å². The van der Waals surface area contributed by atoms with E-state index in [1.807, 2.05) is 13.0 Å². The lowest BCUT2D eigenvalue weighted by Crippen LogP contribution is -2.03. The summed E-state index contributed by atoms with van der Waals surface area (Å²) in [5.74, 6) is 0.109. The van der Waals surface area contributed by atoms with Crippen LogP contribution in [0.4, 0.5) is 0 Å². The molecule has 0 fully saturated rings. The van der Waals surface area contributed by atoms with Crippen molar-refractivity contribution >= 4 is 5.97 Å². The van der Waals surface area contributed by atoms with Gasteiger partial charge >= 0.3 is 5.97 Å². The Morgan fingerprint density at radius 1 is 1.62 bits per heavy atom. The number of allylic oxidation sites excluding steroid dienone is 2. The van der Waals surface area contributed by atoms with Gasteiger partial charge in [0.1, 0.15) is 0 Å². The van der Waals surface area contributed by atoms with Crippen LogP contribution in [0.1, 0.15) is 27.2 Å². The van der Waals surface area contributed by atoms with Gasteiger partial charge in [-0.1, -0.05) is 18.6 Å². The third-order valence-corrected chi connectivity index (χ3v) is 1.93. The van der Waals surface area contributed by atoms with Crippen LogP contribution in [0.2, 0.25) is 0 Å². The van der Waals surface area contributed by atoms with Crippen molar-refractivity contribution in [1.29, 1.82) is 0 Å². The molecule has 0 N–H and O–H groups in total. The van der Waals surface area contributed by atoms with Gasteiger partial charge in [0.15, 0.2) is 0 Å². The van der Waals surface area contributed by atoms with Crippen LogP contribution in [0, 0.1) is 5.92 Å². The lowest BCUT2D eigenvalue weighted by Gasteiger charge is -2.08. The van der Waals surface area contributed by atoms with Crippen LogP contribution in [0.15, 0.2) is 24.3 Å². The molecule has 0 aromatic rings. The largest absolute Gasteiger partial charge is 0.463 e. The lowest BCUT2D eigenvalue weighted by molar-refractivity contribution is -0.137. The van der Waals surface area contributed by atoms with E-state index in [9.17, 15) is 4.79 Å². The maximum absolute atomic E-state index is 11.0. The molecule has 1 unspecified atom stereocenters. The standard InChI is InChI=1S/C11H18O2/c1-5-7-9(3)10(4)8-11(12)13-6-2/h5,8-9H,1,6-7H2,2-4H3/b10-8-. The highest BCUT2D eigenvalue weighted by atomic mass is 16.5. The monoisotopic (exact) mass is 182 g/mol. The predicted molar refractivity (Wildman–Crippen MR) is 54.4 cm³/mol. The maximum atomic E-state index is 11.0. The van der Waals surface area contributed by atoms with Crippen LogP contribution in [0.25, 0.3) is 0 Å². The van der Waals surface area contributed by atoms with Crippen molar-refractivity contribution < 1.29 is 9.53 Å². The van der Waals surface area contributed by atoms with Gasteiger partial charge in [0.25, 0.3) is 0 Å². The molecule has 0 aromatic carbocycles. The van der Waals surface area contributed by atoms with Crippen LogP contribution in [-0.2, 0) is 9.53 Å². The second-order valence-electron chi connectivity index (χ2n) is 3.07. The van der Waals surface area contributed by atoms with Crippen molar-refractivity contribution in [3.63, 3.8) is 0 Å². The second-order valence-corrected chi connectivity index (χ2v) is 3.07. The Morgan fingerprint density at radius 3 is 2.69 bits per heavy atom. The van der Waals surface area contributed by atoms with Gasteiger partial charge in [-0.25, -0.2) is 4.79 Å². The highest BCUT2D eigenvalue weighted by Crippen LogP contribution is 2.13. The van der Waals surface area contributed by atoms with Gasteiger partial charge in [0.2, 0.25) is 0 Å². The Balaban J connectivity index is 4.13. The summed E-state index contributed by atoms with van der Waals surface area (Å²) in [6.07, 6.45) is 4.30. The maximum Gasteiger partial charge on any atom is 0.330 e. The molecule has 0 aliphatic rings. The van der Waals surface area contributed by atoms with E-state index >= 15 is 0 Å². The van der Waals surface area contributed by atoms with Gasteiger partial charge in [0.05, 0.1) is 6.61 Å². The molecule has 74 valence electrons. The van der Waals surface area contributed by atoms with Crippen molar-refractivity contribution in [2.45, 2.75) is 27.2 Å². The van der Waals surface area contributed by atoms with Crippen LogP contribution in [0.3, 0.4) is 0 Å². The minimum Gasteiger partial charge on any atom is -0.463 e. The molecule has 0 rings (SSSR count). The molecule has 0 spiro atoms. The fourth-order valence-electron chi connectivity index (χ4n) is 0.948. The van der Waals surface area contributed by atoms with E-state index < -0.39 is 0 Å². The SMILES string of the molecule is C=CCC(C)/C(C)=C\C(=O)OCC. The average molecular weight is 182 g/mol. The van der Waals surface area contributed by atoms with Crippen LogP contribution >= 0.6 is 0 Å². The smallest absolute Gasteiger partial charge is 0.330 e. The summed E-state index contributed by atoms with van der Waals surface area (Å²) in [5.41, 5.74) is 1.04. The molecule has 2 heteroatoms. The van der Waals surface area contributed by atoms with Gasteiger partial charge in [-0.3, -0.25) is 0 Å². The summed E-state index contributed by atoms with van der Waals surface area (Å²) in [6.45, 7) is 9.88. The molecule has 0 aliphatic heterocycles. The van der Waals surface area contributed by atoms with E-state index in [1.54, 1.807) is 13.0 Å². The third kappa shape index (κ3) is 5.23. The van der Waals surface area contributed by atoms with Gasteiger partial charge in [0, 0.05) is 6.08 Å². The molecule has 0 aromatic heterocycles. The topological polar surface area (TPSA) is 26.3 Å². The molecular weight excluding hydrogens is 164 g/mol. The van der Waals surface area contributed by atoms with Crippen molar-refractivity contribution in [3.8, 4) is 0 Å². The quantitative estimate of drug-likeness (QED) is 0.371. The number of carbonyl (C=O) groups is 1. The number of esters is 1. The highest BCUT2D eigenvalue weighted by Gasteiger charge is 2.04. The van der Waals surface area contributed by atoms with Crippen molar-refractivity contribution in [1.82, 2.24) is 0 Å². The fourth-order valence-corrected chi connectivity index (χ4v) is 0.948. The number of carbonyl (C=O) groups excluding carboxylic acids is 1. The molecule has 2 nitrogen and oxygen atoms in total. The fraction of sp³-hybridized carbons (Fsp3) is 0.545. The lowest BCUT2D eigenvalue weighted by atomic mass is 9.99. The van der Waals surface area contributed by atoms with Crippen LogP contribution in [0.5, 0.6) is 0 Å². The Morgan fingerprint density at radius 2 is 2.23 bits per heavy atom. The molecule has 0 bridgehead atoms. The summed E-state index contributed by atoms with van der Waals surface area (Å²) in [5, 5.41) is 0. The van der Waals surface area contributed by atoms with Gasteiger partial charge in [-0.2, -0.15) is 0 Å². The zero-order valence-electron chi connectivity index (χ0n) is 8.67. The molecule has 0 saturated carbocycles.